The van der Waals surface area contributed by atoms with Crippen molar-refractivity contribution in [2.24, 2.45) is 21.7 Å². The van der Waals surface area contributed by atoms with E-state index in [2.05, 4.69) is 51.3 Å². The maximum atomic E-state index is 12.5. The Morgan fingerprint density at radius 1 is 1.13 bits per heavy atom. The second kappa shape index (κ2) is 5.35. The number of aliphatic imine (C=N–C) groups is 1. The molecule has 1 amide bonds. The number of carbonyl (C=O) groups excluding carboxylic acids is 1. The van der Waals surface area contributed by atoms with Crippen LogP contribution in [0.25, 0.3) is 0 Å². The molecule has 1 saturated carbocycles. The lowest BCUT2D eigenvalue weighted by molar-refractivity contribution is -0.133. The highest BCUT2D eigenvalue weighted by molar-refractivity contribution is 5.82. The molecule has 3 rings (SSSR count). The molecule has 0 bridgehead atoms. The minimum absolute atomic E-state index is 0.0505. The molecule has 4 heteroatoms. The van der Waals surface area contributed by atoms with Crippen molar-refractivity contribution in [3.05, 3.63) is 11.3 Å². The molecule has 23 heavy (non-hydrogen) atoms. The molecule has 128 valence electrons. The highest BCUT2D eigenvalue weighted by Crippen LogP contribution is 2.43. The van der Waals surface area contributed by atoms with Gasteiger partial charge >= 0.3 is 0 Å². The quantitative estimate of drug-likeness (QED) is 0.744. The molecule has 1 aliphatic carbocycles. The number of hydrogen-bond acceptors (Lipinski definition) is 3. The molecule has 0 aromatic carbocycles. The first-order chi connectivity index (χ1) is 10.6. The Kier molecular flexibility index (Phi) is 3.85. The van der Waals surface area contributed by atoms with Crippen LogP contribution in [0.4, 0.5) is 0 Å². The van der Waals surface area contributed by atoms with Crippen molar-refractivity contribution in [3.8, 4) is 0 Å². The molecule has 0 aromatic rings. The Balaban J connectivity index is 1.97. The average Bonchev–Trinajstić information content (AvgIpc) is 3.27. The van der Waals surface area contributed by atoms with Crippen LogP contribution in [0.15, 0.2) is 16.3 Å². The van der Waals surface area contributed by atoms with Crippen LogP contribution < -0.4 is 0 Å². The fourth-order valence-electron chi connectivity index (χ4n) is 3.74. The second-order valence-electron chi connectivity index (χ2n) is 9.37. The average molecular weight is 317 g/mol. The molecule has 0 aromatic heterocycles. The van der Waals surface area contributed by atoms with Crippen LogP contribution in [-0.4, -0.2) is 47.7 Å². The molecule has 2 aliphatic heterocycles. The number of rotatable bonds is 1. The maximum absolute atomic E-state index is 12.5. The molecule has 1 unspecified atom stereocenters. The molecule has 0 spiro atoms. The molecule has 2 fully saturated rings. The zero-order valence-corrected chi connectivity index (χ0v) is 15.5. The first-order valence-electron chi connectivity index (χ1n) is 8.91. The maximum Gasteiger partial charge on any atom is 0.226 e. The van der Waals surface area contributed by atoms with Gasteiger partial charge in [0.2, 0.25) is 5.91 Å². The van der Waals surface area contributed by atoms with Crippen molar-refractivity contribution < 1.29 is 4.79 Å². The Hall–Kier alpha value is -1.32. The number of amides is 1. The molecule has 1 atom stereocenters. The van der Waals surface area contributed by atoms with Gasteiger partial charge in [-0.25, -0.2) is 0 Å². The number of fused-ring (bicyclic) bond motifs is 1. The van der Waals surface area contributed by atoms with Gasteiger partial charge in [0.15, 0.2) is 0 Å². The summed E-state index contributed by atoms with van der Waals surface area (Å²) in [5.74, 6) is 0.663. The van der Waals surface area contributed by atoms with Crippen LogP contribution in [0.3, 0.4) is 0 Å². The monoisotopic (exact) mass is 317 g/mol. The summed E-state index contributed by atoms with van der Waals surface area (Å²) >= 11 is 0. The Morgan fingerprint density at radius 2 is 1.78 bits per heavy atom. The summed E-state index contributed by atoms with van der Waals surface area (Å²) in [4.78, 5) is 21.8. The normalized spacial score (nSPS) is 25.7. The van der Waals surface area contributed by atoms with Crippen LogP contribution in [0.5, 0.6) is 0 Å². The van der Waals surface area contributed by atoms with Gasteiger partial charge < -0.3 is 9.80 Å². The summed E-state index contributed by atoms with van der Waals surface area (Å²) in [7, 11) is 0. The summed E-state index contributed by atoms with van der Waals surface area (Å²) in [6.45, 7) is 16.0. The van der Waals surface area contributed by atoms with Gasteiger partial charge in [-0.3, -0.25) is 9.79 Å². The Bertz CT molecular complexity index is 558. The lowest BCUT2D eigenvalue weighted by Gasteiger charge is -2.46. The van der Waals surface area contributed by atoms with E-state index in [1.54, 1.807) is 0 Å². The van der Waals surface area contributed by atoms with E-state index in [9.17, 15) is 4.79 Å². The van der Waals surface area contributed by atoms with Gasteiger partial charge in [0.05, 0.1) is 18.9 Å². The van der Waals surface area contributed by atoms with Crippen molar-refractivity contribution in [1.82, 2.24) is 9.80 Å². The van der Waals surface area contributed by atoms with E-state index in [0.29, 0.717) is 11.8 Å². The molecule has 1 saturated heterocycles. The number of nitrogens with zero attached hydrogens (tertiary/aromatic N) is 3. The fraction of sp³-hybridized carbons (Fsp3) is 0.789. The smallest absolute Gasteiger partial charge is 0.226 e. The van der Waals surface area contributed by atoms with Gasteiger partial charge in [0, 0.05) is 24.7 Å². The Morgan fingerprint density at radius 3 is 2.30 bits per heavy atom. The van der Waals surface area contributed by atoms with Crippen molar-refractivity contribution in [3.63, 3.8) is 0 Å². The molecule has 4 nitrogen and oxygen atoms in total. The van der Waals surface area contributed by atoms with Crippen LogP contribution in [0, 0.1) is 16.7 Å². The van der Waals surface area contributed by atoms with E-state index in [0.717, 1.165) is 32.5 Å². The first-order valence-corrected chi connectivity index (χ1v) is 8.91. The van der Waals surface area contributed by atoms with E-state index in [1.807, 2.05) is 6.34 Å². The summed E-state index contributed by atoms with van der Waals surface area (Å²) in [5.41, 5.74) is 2.85. The van der Waals surface area contributed by atoms with Gasteiger partial charge in [-0.05, 0) is 29.2 Å². The predicted octanol–water partition coefficient (Wildman–Crippen LogP) is 3.30. The van der Waals surface area contributed by atoms with Crippen molar-refractivity contribution >= 4 is 12.2 Å². The summed E-state index contributed by atoms with van der Waals surface area (Å²) in [5, 5.41) is 0. The molecule has 3 aliphatic rings. The predicted molar refractivity (Wildman–Crippen MR) is 94.2 cm³/mol. The van der Waals surface area contributed by atoms with Crippen LogP contribution in [0.2, 0.25) is 0 Å². The van der Waals surface area contributed by atoms with E-state index in [4.69, 9.17) is 4.99 Å². The lowest BCUT2D eigenvalue weighted by Crippen LogP contribution is -2.51. The third kappa shape index (κ3) is 3.17. The highest BCUT2D eigenvalue weighted by atomic mass is 16.2. The number of hydrogen-bond donors (Lipinski definition) is 0. The number of carbonyl (C=O) groups is 1. The zero-order valence-electron chi connectivity index (χ0n) is 15.5. The highest BCUT2D eigenvalue weighted by Gasteiger charge is 2.42. The molecule has 0 N–H and O–H groups in total. The summed E-state index contributed by atoms with van der Waals surface area (Å²) < 4.78 is 0. The lowest BCUT2D eigenvalue weighted by atomic mass is 9.71. The van der Waals surface area contributed by atoms with Crippen LogP contribution in [0.1, 0.15) is 54.4 Å². The minimum atomic E-state index is 0.0505. The SMILES string of the molecule is CC(C)(C)C1=C2CN(C(=O)C3CC3)CCN2C=NC1C(C)(C)C. The fourth-order valence-corrected chi connectivity index (χ4v) is 3.74. The largest absolute Gasteiger partial charge is 0.335 e. The van der Waals surface area contributed by atoms with Crippen LogP contribution in [-0.2, 0) is 4.79 Å². The zero-order chi connectivity index (χ0) is 17.0. The topological polar surface area (TPSA) is 35.9 Å². The summed E-state index contributed by atoms with van der Waals surface area (Å²) in [6.07, 6.45) is 4.17. The van der Waals surface area contributed by atoms with Gasteiger partial charge in [0.25, 0.3) is 0 Å². The van der Waals surface area contributed by atoms with E-state index >= 15 is 0 Å². The minimum Gasteiger partial charge on any atom is -0.335 e. The van der Waals surface area contributed by atoms with Crippen molar-refractivity contribution in [2.75, 3.05) is 19.6 Å². The first kappa shape index (κ1) is 16.5. The molecular formula is C19H31N3O. The van der Waals surface area contributed by atoms with Gasteiger partial charge in [-0.2, -0.15) is 0 Å². The van der Waals surface area contributed by atoms with E-state index < -0.39 is 0 Å². The molecular weight excluding hydrogens is 286 g/mol. The summed E-state index contributed by atoms with van der Waals surface area (Å²) in [6, 6.07) is 0.185. The molecule has 0 radical (unpaired) electrons. The van der Waals surface area contributed by atoms with Crippen LogP contribution >= 0.6 is 0 Å². The Labute approximate surface area is 140 Å². The van der Waals surface area contributed by atoms with E-state index in [1.165, 1.54) is 11.3 Å². The van der Waals surface area contributed by atoms with Gasteiger partial charge in [0.1, 0.15) is 0 Å². The van der Waals surface area contributed by atoms with E-state index in [-0.39, 0.29) is 16.9 Å². The second-order valence-corrected chi connectivity index (χ2v) is 9.37. The van der Waals surface area contributed by atoms with Gasteiger partial charge in [-0.1, -0.05) is 41.5 Å². The number of piperazine rings is 1. The van der Waals surface area contributed by atoms with Crippen molar-refractivity contribution in [2.45, 2.75) is 60.4 Å². The third-order valence-corrected chi connectivity index (χ3v) is 5.10. The third-order valence-electron chi connectivity index (χ3n) is 5.10. The molecule has 2 heterocycles. The standard InChI is InChI=1S/C19H31N3O/c1-18(2,3)15-14-11-21(17(23)13-7-8-13)9-10-22(14)12-20-16(15)19(4,5)6/h12-13,16H,7-11H2,1-6H3. The van der Waals surface area contributed by atoms with Gasteiger partial charge in [-0.15, -0.1) is 0 Å². The van der Waals surface area contributed by atoms with Crippen molar-refractivity contribution in [1.29, 1.82) is 0 Å².